The fourth-order valence-electron chi connectivity index (χ4n) is 3.67. The minimum atomic E-state index is -0.430. The van der Waals surface area contributed by atoms with Crippen LogP contribution in [0.15, 0.2) is 0 Å². The molecule has 2 aliphatic rings. The van der Waals surface area contributed by atoms with E-state index in [9.17, 15) is 14.4 Å². The monoisotopic (exact) mass is 390 g/mol. The molecule has 2 fully saturated rings. The lowest BCUT2D eigenvalue weighted by molar-refractivity contribution is -0.122. The number of nitrogens with one attached hydrogen (secondary N) is 2. The molecular weight excluding hydrogens is 360 g/mol. The number of carbonyl (C=O) groups is 3. The molecule has 0 aromatic carbocycles. The highest BCUT2D eigenvalue weighted by Crippen LogP contribution is 2.20. The van der Waals surface area contributed by atoms with Crippen LogP contribution >= 0.6 is 0 Å². The minimum Gasteiger partial charge on any atom is -0.461 e. The SMILES string of the molecule is CCOC(=O)c1[nH]c(C)c(C(=O)CN2CCN(CC(=O)NC3CC3)CC2)c1C. The maximum absolute atomic E-state index is 12.8. The number of carbonyl (C=O) groups excluding carboxylic acids is 3. The van der Waals surface area contributed by atoms with Crippen LogP contribution in [0.3, 0.4) is 0 Å². The van der Waals surface area contributed by atoms with Gasteiger partial charge in [0.15, 0.2) is 5.78 Å². The van der Waals surface area contributed by atoms with Gasteiger partial charge in [-0.3, -0.25) is 19.4 Å². The van der Waals surface area contributed by atoms with Gasteiger partial charge in [0.25, 0.3) is 0 Å². The summed E-state index contributed by atoms with van der Waals surface area (Å²) in [5, 5.41) is 3.01. The zero-order chi connectivity index (χ0) is 20.3. The Morgan fingerprint density at radius 1 is 1.07 bits per heavy atom. The van der Waals surface area contributed by atoms with Gasteiger partial charge in [0, 0.05) is 43.5 Å². The smallest absolute Gasteiger partial charge is 0.355 e. The molecule has 0 atom stereocenters. The molecule has 0 radical (unpaired) electrons. The largest absolute Gasteiger partial charge is 0.461 e. The van der Waals surface area contributed by atoms with E-state index in [1.54, 1.807) is 20.8 Å². The first-order valence-electron chi connectivity index (χ1n) is 10.0. The zero-order valence-electron chi connectivity index (χ0n) is 17.0. The maximum atomic E-state index is 12.8. The van der Waals surface area contributed by atoms with Crippen molar-refractivity contribution in [3.05, 3.63) is 22.5 Å². The number of esters is 1. The molecule has 0 unspecified atom stereocenters. The molecule has 1 aromatic heterocycles. The summed E-state index contributed by atoms with van der Waals surface area (Å²) in [6.45, 7) is 9.40. The van der Waals surface area contributed by atoms with Crippen LogP contribution in [0.1, 0.15) is 51.9 Å². The summed E-state index contributed by atoms with van der Waals surface area (Å²) in [6, 6.07) is 0.388. The van der Waals surface area contributed by atoms with Gasteiger partial charge in [0.2, 0.25) is 5.91 Å². The Kier molecular flexibility index (Phi) is 6.51. The maximum Gasteiger partial charge on any atom is 0.355 e. The molecule has 154 valence electrons. The number of piperazine rings is 1. The van der Waals surface area contributed by atoms with E-state index >= 15 is 0 Å². The molecule has 1 saturated heterocycles. The van der Waals surface area contributed by atoms with Gasteiger partial charge in [-0.1, -0.05) is 0 Å². The molecule has 8 heteroatoms. The van der Waals surface area contributed by atoms with Gasteiger partial charge in [-0.2, -0.15) is 0 Å². The molecule has 2 N–H and O–H groups in total. The van der Waals surface area contributed by atoms with Crippen molar-refractivity contribution in [3.8, 4) is 0 Å². The minimum absolute atomic E-state index is 0.00160. The van der Waals surface area contributed by atoms with Crippen molar-refractivity contribution in [1.82, 2.24) is 20.1 Å². The summed E-state index contributed by atoms with van der Waals surface area (Å²) >= 11 is 0. The average molecular weight is 390 g/mol. The molecule has 3 rings (SSSR count). The van der Waals surface area contributed by atoms with Crippen molar-refractivity contribution in [1.29, 1.82) is 0 Å². The third kappa shape index (κ3) is 4.99. The first kappa shape index (κ1) is 20.5. The van der Waals surface area contributed by atoms with Crippen LogP contribution in [0.2, 0.25) is 0 Å². The predicted molar refractivity (Wildman–Crippen MR) is 105 cm³/mol. The highest BCUT2D eigenvalue weighted by molar-refractivity contribution is 6.03. The number of aryl methyl sites for hydroxylation is 1. The van der Waals surface area contributed by atoms with E-state index in [1.165, 1.54) is 0 Å². The fourth-order valence-corrected chi connectivity index (χ4v) is 3.67. The van der Waals surface area contributed by atoms with Crippen LogP contribution < -0.4 is 5.32 Å². The number of amides is 1. The molecule has 1 amide bonds. The Hall–Kier alpha value is -2.19. The Labute approximate surface area is 165 Å². The van der Waals surface area contributed by atoms with Crippen LogP contribution in [0.5, 0.6) is 0 Å². The second-order valence-electron chi connectivity index (χ2n) is 7.66. The number of aromatic nitrogens is 1. The van der Waals surface area contributed by atoms with E-state index in [0.717, 1.165) is 39.0 Å². The number of Topliss-reactive ketones (excluding diaryl/α,β-unsaturated/α-hetero) is 1. The number of hydrogen-bond donors (Lipinski definition) is 2. The van der Waals surface area contributed by atoms with Gasteiger partial charge in [0.1, 0.15) is 5.69 Å². The number of aromatic amines is 1. The molecule has 1 aromatic rings. The molecule has 0 bridgehead atoms. The third-order valence-corrected chi connectivity index (χ3v) is 5.34. The Bertz CT molecular complexity index is 746. The number of ether oxygens (including phenoxy) is 1. The van der Waals surface area contributed by atoms with Gasteiger partial charge < -0.3 is 15.0 Å². The van der Waals surface area contributed by atoms with E-state index in [4.69, 9.17) is 4.74 Å². The van der Waals surface area contributed by atoms with E-state index in [1.807, 2.05) is 0 Å². The van der Waals surface area contributed by atoms with Gasteiger partial charge in [0.05, 0.1) is 19.7 Å². The van der Waals surface area contributed by atoms with Crippen LogP contribution in [0, 0.1) is 13.8 Å². The lowest BCUT2D eigenvalue weighted by atomic mass is 10.0. The van der Waals surface area contributed by atoms with Crippen LogP contribution in [-0.2, 0) is 9.53 Å². The van der Waals surface area contributed by atoms with Crippen molar-refractivity contribution in [2.75, 3.05) is 45.9 Å². The molecule has 1 saturated carbocycles. The van der Waals surface area contributed by atoms with E-state index in [0.29, 0.717) is 48.3 Å². The molecular formula is C20H30N4O4. The molecule has 2 heterocycles. The van der Waals surface area contributed by atoms with Gasteiger partial charge in [-0.05, 0) is 39.2 Å². The molecule has 1 aliphatic carbocycles. The zero-order valence-corrected chi connectivity index (χ0v) is 17.0. The average Bonchev–Trinajstić information content (AvgIpc) is 3.39. The first-order valence-corrected chi connectivity index (χ1v) is 10.0. The highest BCUT2D eigenvalue weighted by Gasteiger charge is 2.27. The van der Waals surface area contributed by atoms with E-state index < -0.39 is 5.97 Å². The standard InChI is InChI=1S/C20H30N4O4/c1-4-28-20(27)19-13(2)18(14(3)21-19)16(25)11-23-7-9-24(10-8-23)12-17(26)22-15-5-6-15/h15,21H,4-12H2,1-3H3,(H,22,26). The summed E-state index contributed by atoms with van der Waals surface area (Å²) in [7, 11) is 0. The van der Waals surface area contributed by atoms with Crippen molar-refractivity contribution < 1.29 is 19.1 Å². The van der Waals surface area contributed by atoms with Crippen molar-refractivity contribution in [2.24, 2.45) is 0 Å². The molecule has 8 nitrogen and oxygen atoms in total. The van der Waals surface area contributed by atoms with Crippen molar-refractivity contribution in [3.63, 3.8) is 0 Å². The summed E-state index contributed by atoms with van der Waals surface area (Å²) in [5.41, 5.74) is 2.28. The van der Waals surface area contributed by atoms with Crippen LogP contribution in [0.25, 0.3) is 0 Å². The third-order valence-electron chi connectivity index (χ3n) is 5.34. The number of rotatable bonds is 8. The molecule has 0 spiro atoms. The second kappa shape index (κ2) is 8.87. The number of nitrogens with zero attached hydrogens (tertiary/aromatic N) is 2. The topological polar surface area (TPSA) is 94.7 Å². The Morgan fingerprint density at radius 2 is 1.68 bits per heavy atom. The second-order valence-corrected chi connectivity index (χ2v) is 7.66. The van der Waals surface area contributed by atoms with Crippen LogP contribution in [0.4, 0.5) is 0 Å². The lowest BCUT2D eigenvalue weighted by Gasteiger charge is -2.33. The quantitative estimate of drug-likeness (QED) is 0.506. The summed E-state index contributed by atoms with van der Waals surface area (Å²) in [6.07, 6.45) is 2.19. The number of ketones is 1. The Balaban J connectivity index is 1.51. The number of H-pyrrole nitrogens is 1. The lowest BCUT2D eigenvalue weighted by Crippen LogP contribution is -2.50. The summed E-state index contributed by atoms with van der Waals surface area (Å²) in [4.78, 5) is 44.0. The van der Waals surface area contributed by atoms with E-state index in [-0.39, 0.29) is 11.7 Å². The van der Waals surface area contributed by atoms with Crippen molar-refractivity contribution >= 4 is 17.7 Å². The number of hydrogen-bond acceptors (Lipinski definition) is 6. The van der Waals surface area contributed by atoms with Gasteiger partial charge in [-0.15, -0.1) is 0 Å². The van der Waals surface area contributed by atoms with Crippen LogP contribution in [-0.4, -0.2) is 84.4 Å². The predicted octanol–water partition coefficient (Wildman–Crippen LogP) is 0.887. The summed E-state index contributed by atoms with van der Waals surface area (Å²) < 4.78 is 5.05. The normalized spacial score (nSPS) is 18.1. The first-order chi connectivity index (χ1) is 13.4. The fraction of sp³-hybridized carbons (Fsp3) is 0.650. The van der Waals surface area contributed by atoms with Gasteiger partial charge >= 0.3 is 5.97 Å². The van der Waals surface area contributed by atoms with Gasteiger partial charge in [-0.25, -0.2) is 4.79 Å². The highest BCUT2D eigenvalue weighted by atomic mass is 16.5. The molecule has 28 heavy (non-hydrogen) atoms. The van der Waals surface area contributed by atoms with E-state index in [2.05, 4.69) is 20.1 Å². The van der Waals surface area contributed by atoms with Crippen molar-refractivity contribution in [2.45, 2.75) is 39.7 Å². The molecule has 1 aliphatic heterocycles. The summed E-state index contributed by atoms with van der Waals surface area (Å²) in [5.74, 6) is -0.334. The Morgan fingerprint density at radius 3 is 2.25 bits per heavy atom.